The van der Waals surface area contributed by atoms with E-state index >= 15 is 0 Å². The first-order valence-corrected chi connectivity index (χ1v) is 8.58. The predicted octanol–water partition coefficient (Wildman–Crippen LogP) is 3.33. The van der Waals surface area contributed by atoms with Crippen molar-refractivity contribution in [1.29, 1.82) is 0 Å². The van der Waals surface area contributed by atoms with Gasteiger partial charge in [-0.2, -0.15) is 0 Å². The molecule has 2 fully saturated rings. The fourth-order valence-electron chi connectivity index (χ4n) is 3.94. The highest BCUT2D eigenvalue weighted by atomic mass is 79.9. The van der Waals surface area contributed by atoms with E-state index in [-0.39, 0.29) is 18.5 Å². The van der Waals surface area contributed by atoms with E-state index in [0.717, 1.165) is 17.3 Å². The minimum Gasteiger partial charge on any atom is -0.620 e. The predicted molar refractivity (Wildman–Crippen MR) is 89.6 cm³/mol. The molecule has 1 saturated carbocycles. The minimum absolute atomic E-state index is 0.0305. The van der Waals surface area contributed by atoms with E-state index in [0.29, 0.717) is 12.1 Å². The number of carboxylic acid groups (broad SMARTS) is 1. The Morgan fingerprint density at radius 2 is 2.00 bits per heavy atom. The SMILES string of the molecule is CC[N+]([O-])(C(=O)C1C2CCC(C2)N1C(=O)O)c1ccc(Br)cc1. The molecule has 2 amide bonds. The number of rotatable bonds is 3. The first-order chi connectivity index (χ1) is 10.9. The standard InChI is InChI=1S/C16H19BrN2O4/c1-2-19(23,13-7-4-11(17)5-8-13)15(20)14-10-3-6-12(9-10)18(14)16(21)22/h4-5,7-8,10,12,14H,2-3,6,9H2,1H3,(H,21,22). The molecular weight excluding hydrogens is 364 g/mol. The maximum atomic E-state index is 13.3. The fourth-order valence-corrected chi connectivity index (χ4v) is 4.21. The van der Waals surface area contributed by atoms with Gasteiger partial charge in [0.1, 0.15) is 5.69 Å². The molecule has 1 N–H and O–H groups in total. The lowest BCUT2D eigenvalue weighted by atomic mass is 9.97. The molecule has 0 spiro atoms. The van der Waals surface area contributed by atoms with Gasteiger partial charge in [0.05, 0.1) is 6.54 Å². The molecule has 4 atom stereocenters. The summed E-state index contributed by atoms with van der Waals surface area (Å²) in [4.78, 5) is 25.8. The van der Waals surface area contributed by atoms with Crippen LogP contribution in [0.4, 0.5) is 10.5 Å². The average Bonchev–Trinajstić information content (AvgIpc) is 3.14. The van der Waals surface area contributed by atoms with Crippen molar-refractivity contribution in [2.75, 3.05) is 6.54 Å². The monoisotopic (exact) mass is 382 g/mol. The second-order valence-corrected chi connectivity index (χ2v) is 7.15. The summed E-state index contributed by atoms with van der Waals surface area (Å²) in [6.07, 6.45) is 1.18. The molecule has 1 aromatic carbocycles. The Balaban J connectivity index is 1.96. The smallest absolute Gasteiger partial charge is 0.408 e. The number of quaternary nitrogens is 1. The molecular formula is C16H19BrN2O4. The number of hydroxylamine groups is 2. The molecule has 0 aromatic heterocycles. The molecule has 1 aromatic rings. The third kappa shape index (κ3) is 2.56. The number of hydrogen-bond acceptors (Lipinski definition) is 3. The molecule has 1 saturated heterocycles. The van der Waals surface area contributed by atoms with Crippen LogP contribution in [0.5, 0.6) is 0 Å². The number of halogens is 1. The van der Waals surface area contributed by atoms with Crippen molar-refractivity contribution in [3.05, 3.63) is 33.9 Å². The summed E-state index contributed by atoms with van der Waals surface area (Å²) in [5.41, 5.74) is 0.341. The summed E-state index contributed by atoms with van der Waals surface area (Å²) in [7, 11) is 0. The Hall–Kier alpha value is -1.44. The first kappa shape index (κ1) is 16.4. The number of carbonyl (C=O) groups is 2. The van der Waals surface area contributed by atoms with Crippen LogP contribution in [0.3, 0.4) is 0 Å². The van der Waals surface area contributed by atoms with Crippen molar-refractivity contribution in [3.63, 3.8) is 0 Å². The van der Waals surface area contributed by atoms with E-state index in [1.165, 1.54) is 4.90 Å². The fraction of sp³-hybridized carbons (Fsp3) is 0.500. The van der Waals surface area contributed by atoms with Crippen LogP contribution in [0.15, 0.2) is 28.7 Å². The maximum Gasteiger partial charge on any atom is 0.408 e. The van der Waals surface area contributed by atoms with Gasteiger partial charge < -0.3 is 10.3 Å². The van der Waals surface area contributed by atoms with E-state index < -0.39 is 22.7 Å². The Kier molecular flexibility index (Phi) is 4.20. The van der Waals surface area contributed by atoms with Crippen LogP contribution in [-0.4, -0.2) is 40.6 Å². The molecule has 124 valence electrons. The van der Waals surface area contributed by atoms with Crippen molar-refractivity contribution in [1.82, 2.24) is 9.55 Å². The normalized spacial score (nSPS) is 28.7. The second kappa shape index (κ2) is 5.89. The van der Waals surface area contributed by atoms with E-state index in [4.69, 9.17) is 0 Å². The highest BCUT2D eigenvalue weighted by Gasteiger charge is 2.55. The molecule has 0 radical (unpaired) electrons. The summed E-state index contributed by atoms with van der Waals surface area (Å²) in [6.45, 7) is 1.70. The van der Waals surface area contributed by atoms with Crippen LogP contribution in [0.25, 0.3) is 0 Å². The van der Waals surface area contributed by atoms with Crippen molar-refractivity contribution in [2.24, 2.45) is 5.92 Å². The molecule has 4 unspecified atom stereocenters. The van der Waals surface area contributed by atoms with Crippen LogP contribution in [0.2, 0.25) is 0 Å². The quantitative estimate of drug-likeness (QED) is 0.641. The molecule has 2 aliphatic rings. The van der Waals surface area contributed by atoms with Gasteiger partial charge >= 0.3 is 12.0 Å². The number of carbonyl (C=O) groups excluding carboxylic acids is 1. The minimum atomic E-state index is -1.12. The third-order valence-corrected chi connectivity index (χ3v) is 5.63. The molecule has 3 rings (SSSR count). The highest BCUT2D eigenvalue weighted by molar-refractivity contribution is 9.10. The summed E-state index contributed by atoms with van der Waals surface area (Å²) in [6, 6.07) is 5.74. The van der Waals surface area contributed by atoms with E-state index in [9.17, 15) is 19.9 Å². The summed E-state index contributed by atoms with van der Waals surface area (Å²) < 4.78 is -0.297. The Labute approximate surface area is 143 Å². The van der Waals surface area contributed by atoms with E-state index in [1.807, 2.05) is 0 Å². The Morgan fingerprint density at radius 3 is 2.57 bits per heavy atom. The van der Waals surface area contributed by atoms with Gasteiger partial charge in [-0.3, -0.25) is 9.55 Å². The summed E-state index contributed by atoms with van der Waals surface area (Å²) >= 11 is 3.31. The van der Waals surface area contributed by atoms with Crippen molar-refractivity contribution >= 4 is 33.6 Å². The highest BCUT2D eigenvalue weighted by Crippen LogP contribution is 2.44. The number of likely N-dealkylation sites (N-methyl/N-ethyl adjacent to an activating group) is 1. The van der Waals surface area contributed by atoms with Crippen molar-refractivity contribution in [3.8, 4) is 0 Å². The van der Waals surface area contributed by atoms with Crippen LogP contribution in [0.1, 0.15) is 26.2 Å². The lowest BCUT2D eigenvalue weighted by molar-refractivity contribution is -0.134. The van der Waals surface area contributed by atoms with Crippen LogP contribution in [0, 0.1) is 11.1 Å². The van der Waals surface area contributed by atoms with Crippen LogP contribution < -0.4 is 4.65 Å². The zero-order chi connectivity index (χ0) is 16.8. The van der Waals surface area contributed by atoms with Crippen LogP contribution in [-0.2, 0) is 4.79 Å². The van der Waals surface area contributed by atoms with Crippen molar-refractivity contribution in [2.45, 2.75) is 38.3 Å². The molecule has 7 heteroatoms. The Bertz CT molecular complexity index is 635. The lowest BCUT2D eigenvalue weighted by Gasteiger charge is -2.43. The number of piperidine rings is 1. The molecule has 2 bridgehead atoms. The third-order valence-electron chi connectivity index (χ3n) is 5.10. The molecule has 6 nitrogen and oxygen atoms in total. The number of fused-ring (bicyclic) bond motifs is 2. The van der Waals surface area contributed by atoms with Crippen LogP contribution >= 0.6 is 15.9 Å². The van der Waals surface area contributed by atoms with Gasteiger partial charge in [0.2, 0.25) is 0 Å². The maximum absolute atomic E-state index is 13.3. The zero-order valence-corrected chi connectivity index (χ0v) is 14.4. The summed E-state index contributed by atoms with van der Waals surface area (Å²) in [5, 5.41) is 22.7. The molecule has 1 heterocycles. The number of benzene rings is 1. The number of hydrogen-bond donors (Lipinski definition) is 1. The van der Waals surface area contributed by atoms with Gasteiger partial charge in [-0.25, -0.2) is 9.59 Å². The van der Waals surface area contributed by atoms with Gasteiger partial charge in [-0.15, -0.1) is 0 Å². The van der Waals surface area contributed by atoms with Gasteiger partial charge in [-0.05, 0) is 44.2 Å². The van der Waals surface area contributed by atoms with E-state index in [2.05, 4.69) is 15.9 Å². The van der Waals surface area contributed by atoms with Gasteiger partial charge in [0, 0.05) is 22.6 Å². The second-order valence-electron chi connectivity index (χ2n) is 6.23. The van der Waals surface area contributed by atoms with E-state index in [1.54, 1.807) is 31.2 Å². The average molecular weight is 383 g/mol. The van der Waals surface area contributed by atoms with Crippen molar-refractivity contribution < 1.29 is 14.7 Å². The topological polar surface area (TPSA) is 80.7 Å². The molecule has 1 aliphatic heterocycles. The van der Waals surface area contributed by atoms with Gasteiger partial charge in [0.25, 0.3) is 0 Å². The largest absolute Gasteiger partial charge is 0.620 e. The molecule has 1 aliphatic carbocycles. The zero-order valence-electron chi connectivity index (χ0n) is 12.8. The Morgan fingerprint density at radius 1 is 1.35 bits per heavy atom. The van der Waals surface area contributed by atoms with Gasteiger partial charge in [0.15, 0.2) is 6.04 Å². The number of nitrogens with zero attached hydrogens (tertiary/aromatic N) is 2. The van der Waals surface area contributed by atoms with Gasteiger partial charge in [-0.1, -0.05) is 15.9 Å². The molecule has 23 heavy (non-hydrogen) atoms. The first-order valence-electron chi connectivity index (χ1n) is 7.79. The number of amides is 2. The summed E-state index contributed by atoms with van der Waals surface area (Å²) in [5.74, 6) is -0.596. The lowest BCUT2D eigenvalue weighted by Crippen LogP contribution is -2.60. The number of likely N-dealkylation sites (tertiary alicyclic amines) is 1.